The van der Waals surface area contributed by atoms with Crippen LogP contribution in [-0.4, -0.2) is 30.3 Å². The van der Waals surface area contributed by atoms with E-state index in [4.69, 9.17) is 4.74 Å². The third-order valence-corrected chi connectivity index (χ3v) is 2.19. The molecule has 0 aliphatic carbocycles. The second-order valence-corrected chi connectivity index (χ2v) is 3.40. The van der Waals surface area contributed by atoms with Gasteiger partial charge in [-0.3, -0.25) is 0 Å². The molecule has 1 saturated heterocycles. The summed E-state index contributed by atoms with van der Waals surface area (Å²) in [4.78, 5) is 10.6. The smallest absolute Gasteiger partial charge is 0.430 e. The van der Waals surface area contributed by atoms with Gasteiger partial charge in [0.15, 0.2) is 12.4 Å². The van der Waals surface area contributed by atoms with Crippen molar-refractivity contribution in [1.82, 2.24) is 0 Å². The highest BCUT2D eigenvalue weighted by Gasteiger charge is 2.32. The first-order valence-corrected chi connectivity index (χ1v) is 4.93. The molecule has 0 radical (unpaired) electrons. The maximum absolute atomic E-state index is 10.6. The van der Waals surface area contributed by atoms with Gasteiger partial charge in [0.25, 0.3) is 0 Å². The van der Waals surface area contributed by atoms with Crippen molar-refractivity contribution < 1.29 is 24.1 Å². The molecule has 0 spiro atoms. The van der Waals surface area contributed by atoms with Gasteiger partial charge in [-0.15, -0.1) is 0 Å². The van der Waals surface area contributed by atoms with Gasteiger partial charge in [-0.2, -0.15) is 0 Å². The van der Waals surface area contributed by atoms with Crippen molar-refractivity contribution in [3.63, 3.8) is 0 Å². The average Bonchev–Trinajstić information content (AvgIpc) is 2.74. The Kier molecular flexibility index (Phi) is 3.38. The van der Waals surface area contributed by atoms with Gasteiger partial charge in [-0.05, 0) is 5.56 Å². The van der Waals surface area contributed by atoms with Crippen molar-refractivity contribution in [3.05, 3.63) is 35.9 Å². The molecule has 86 valence electrons. The number of hydrogen-bond acceptors (Lipinski definition) is 5. The largest absolute Gasteiger partial charge is 0.508 e. The summed E-state index contributed by atoms with van der Waals surface area (Å²) >= 11 is 0. The van der Waals surface area contributed by atoms with Crippen molar-refractivity contribution in [2.45, 2.75) is 19.0 Å². The molecule has 1 fully saturated rings. The summed E-state index contributed by atoms with van der Waals surface area (Å²) < 4.78 is 14.4. The average molecular weight is 224 g/mol. The molecular weight excluding hydrogens is 212 g/mol. The van der Waals surface area contributed by atoms with E-state index in [1.165, 1.54) is 0 Å². The number of aliphatic hydroxyl groups excluding tert-OH is 1. The molecule has 0 saturated carbocycles. The van der Waals surface area contributed by atoms with Crippen LogP contribution in [0.25, 0.3) is 0 Å². The van der Waals surface area contributed by atoms with Gasteiger partial charge < -0.3 is 19.3 Å². The molecule has 2 atom stereocenters. The number of aliphatic hydroxyl groups is 1. The van der Waals surface area contributed by atoms with E-state index >= 15 is 0 Å². The normalized spacial score (nSPS) is 21.3. The van der Waals surface area contributed by atoms with Crippen LogP contribution in [0.1, 0.15) is 5.56 Å². The van der Waals surface area contributed by atoms with Crippen LogP contribution in [-0.2, 0) is 20.8 Å². The monoisotopic (exact) mass is 224 g/mol. The van der Waals surface area contributed by atoms with Crippen molar-refractivity contribution in [2.75, 3.05) is 6.61 Å². The van der Waals surface area contributed by atoms with Gasteiger partial charge in [0.1, 0.15) is 6.61 Å². The minimum Gasteiger partial charge on any atom is -0.430 e. The Morgan fingerprint density at radius 2 is 2.19 bits per heavy atom. The lowest BCUT2D eigenvalue weighted by Gasteiger charge is -2.15. The van der Waals surface area contributed by atoms with Crippen LogP contribution < -0.4 is 0 Å². The molecular formula is C11H12O5. The Morgan fingerprint density at radius 3 is 2.81 bits per heavy atom. The van der Waals surface area contributed by atoms with E-state index in [0.717, 1.165) is 5.56 Å². The maximum atomic E-state index is 10.6. The second-order valence-electron chi connectivity index (χ2n) is 3.40. The van der Waals surface area contributed by atoms with Gasteiger partial charge in [-0.25, -0.2) is 4.79 Å². The molecule has 2 unspecified atom stereocenters. The Hall–Kier alpha value is -1.59. The summed E-state index contributed by atoms with van der Waals surface area (Å²) in [6.45, 7) is 0.283. The number of benzene rings is 1. The van der Waals surface area contributed by atoms with Crippen LogP contribution in [0.2, 0.25) is 0 Å². The summed E-state index contributed by atoms with van der Waals surface area (Å²) in [6.07, 6.45) is -2.67. The summed E-state index contributed by atoms with van der Waals surface area (Å²) in [5.41, 5.74) is 0.937. The molecule has 1 aromatic rings. The third kappa shape index (κ3) is 2.71. The zero-order valence-corrected chi connectivity index (χ0v) is 8.54. The summed E-state index contributed by atoms with van der Waals surface area (Å²) in [7, 11) is 0. The lowest BCUT2D eigenvalue weighted by molar-refractivity contribution is -0.159. The highest BCUT2D eigenvalue weighted by molar-refractivity contribution is 5.61. The highest BCUT2D eigenvalue weighted by atomic mass is 16.8. The van der Waals surface area contributed by atoms with Gasteiger partial charge >= 0.3 is 6.16 Å². The zero-order chi connectivity index (χ0) is 11.4. The summed E-state index contributed by atoms with van der Waals surface area (Å²) in [6, 6.07) is 9.41. The molecule has 0 amide bonds. The molecule has 16 heavy (non-hydrogen) atoms. The summed E-state index contributed by atoms with van der Waals surface area (Å²) in [5.74, 6) is 0. The van der Waals surface area contributed by atoms with E-state index in [9.17, 15) is 9.90 Å². The highest BCUT2D eigenvalue weighted by Crippen LogP contribution is 2.12. The number of ether oxygens (including phenoxy) is 3. The Morgan fingerprint density at radius 1 is 1.44 bits per heavy atom. The fraction of sp³-hybridized carbons (Fsp3) is 0.364. The Bertz CT molecular complexity index is 351. The summed E-state index contributed by atoms with van der Waals surface area (Å²) in [5, 5.41) is 9.55. The van der Waals surface area contributed by atoms with Gasteiger partial charge in [0, 0.05) is 0 Å². The molecule has 5 nitrogen and oxygen atoms in total. The molecule has 2 rings (SSSR count). The van der Waals surface area contributed by atoms with Crippen LogP contribution in [0.4, 0.5) is 4.79 Å². The second kappa shape index (κ2) is 4.96. The first-order valence-electron chi connectivity index (χ1n) is 4.93. The molecule has 1 heterocycles. The van der Waals surface area contributed by atoms with Crippen LogP contribution in [0, 0.1) is 0 Å². The molecule has 0 bridgehead atoms. The van der Waals surface area contributed by atoms with Crippen LogP contribution >= 0.6 is 0 Å². The van der Waals surface area contributed by atoms with E-state index < -0.39 is 18.5 Å². The molecule has 1 aliphatic rings. The minimum atomic E-state index is -1.16. The first-order chi connectivity index (χ1) is 7.75. The molecule has 5 heteroatoms. The number of carbonyl (C=O) groups is 1. The van der Waals surface area contributed by atoms with Gasteiger partial charge in [0.2, 0.25) is 0 Å². The maximum Gasteiger partial charge on any atom is 0.508 e. The van der Waals surface area contributed by atoms with Gasteiger partial charge in [-0.1, -0.05) is 30.3 Å². The number of hydrogen-bond donors (Lipinski definition) is 1. The number of carbonyl (C=O) groups excluding carboxylic acids is 1. The molecule has 0 aromatic heterocycles. The third-order valence-electron chi connectivity index (χ3n) is 2.19. The van der Waals surface area contributed by atoms with E-state index in [-0.39, 0.29) is 13.2 Å². The van der Waals surface area contributed by atoms with Crippen molar-refractivity contribution >= 4 is 6.16 Å². The van der Waals surface area contributed by atoms with Crippen molar-refractivity contribution in [2.24, 2.45) is 0 Å². The molecule has 1 aromatic carbocycles. The topological polar surface area (TPSA) is 65.0 Å². The molecule has 1 N–H and O–H groups in total. The fourth-order valence-corrected chi connectivity index (χ4v) is 1.35. The standard InChI is InChI=1S/C11H12O5/c12-10(9-7-15-11(13)16-9)14-6-8-4-2-1-3-5-8/h1-5,9-10,12H,6-7H2. The van der Waals surface area contributed by atoms with E-state index in [0.29, 0.717) is 0 Å². The van der Waals surface area contributed by atoms with Crippen LogP contribution in [0.5, 0.6) is 0 Å². The molecule has 1 aliphatic heterocycles. The fourth-order valence-electron chi connectivity index (χ4n) is 1.35. The Balaban J connectivity index is 1.80. The lowest BCUT2D eigenvalue weighted by Crippen LogP contribution is -2.30. The van der Waals surface area contributed by atoms with E-state index in [1.807, 2.05) is 30.3 Å². The van der Waals surface area contributed by atoms with Crippen LogP contribution in [0.15, 0.2) is 30.3 Å². The van der Waals surface area contributed by atoms with E-state index in [1.54, 1.807) is 0 Å². The number of rotatable bonds is 4. The SMILES string of the molecule is O=C1OCC(C(O)OCc2ccccc2)O1. The Labute approximate surface area is 92.5 Å². The lowest BCUT2D eigenvalue weighted by atomic mass is 10.2. The van der Waals surface area contributed by atoms with E-state index in [2.05, 4.69) is 9.47 Å². The predicted octanol–water partition coefficient (Wildman–Crippen LogP) is 1.06. The quantitative estimate of drug-likeness (QED) is 0.612. The minimum absolute atomic E-state index is 0.0226. The van der Waals surface area contributed by atoms with Crippen molar-refractivity contribution in [1.29, 1.82) is 0 Å². The number of cyclic esters (lactones) is 2. The first kappa shape index (κ1) is 10.9. The van der Waals surface area contributed by atoms with Gasteiger partial charge in [0.05, 0.1) is 6.61 Å². The predicted molar refractivity (Wildman–Crippen MR) is 53.5 cm³/mol. The zero-order valence-electron chi connectivity index (χ0n) is 8.54. The van der Waals surface area contributed by atoms with Crippen LogP contribution in [0.3, 0.4) is 0 Å². The van der Waals surface area contributed by atoms with Crippen molar-refractivity contribution in [3.8, 4) is 0 Å².